The summed E-state index contributed by atoms with van der Waals surface area (Å²) in [5.74, 6) is 8.53. The monoisotopic (exact) mass is 397 g/mol. The fraction of sp³-hybridized carbons (Fsp3) is 0.333. The molecule has 0 saturated heterocycles. The van der Waals surface area contributed by atoms with Gasteiger partial charge in [0.1, 0.15) is 6.04 Å². The number of hydrogen-bond acceptors (Lipinski definition) is 7. The first kappa shape index (κ1) is 19.4. The Hall–Kier alpha value is -2.96. The molecule has 2 aliphatic heterocycles. The molecular formula is C21H23N3O5. The zero-order chi connectivity index (χ0) is 20.4. The number of nitrogens with zero attached hydrogens (tertiary/aromatic N) is 1. The summed E-state index contributed by atoms with van der Waals surface area (Å²) < 4.78 is 16.8. The third-order valence-electron chi connectivity index (χ3n) is 5.12. The number of anilines is 1. The zero-order valence-electron chi connectivity index (χ0n) is 16.3. The number of methoxy groups -OCH3 is 1. The summed E-state index contributed by atoms with van der Waals surface area (Å²) in [7, 11) is 3.67. The van der Waals surface area contributed by atoms with E-state index in [2.05, 4.69) is 22.1 Å². The van der Waals surface area contributed by atoms with Gasteiger partial charge in [-0.15, -0.1) is 0 Å². The van der Waals surface area contributed by atoms with Crippen LogP contribution in [0.2, 0.25) is 0 Å². The van der Waals surface area contributed by atoms with E-state index in [0.29, 0.717) is 18.0 Å². The van der Waals surface area contributed by atoms with E-state index in [1.807, 2.05) is 19.2 Å². The second-order valence-electron chi connectivity index (χ2n) is 6.91. The highest BCUT2D eigenvalue weighted by Gasteiger charge is 2.33. The van der Waals surface area contributed by atoms with Crippen molar-refractivity contribution in [3.8, 4) is 29.1 Å². The van der Waals surface area contributed by atoms with E-state index < -0.39 is 5.23 Å². The number of benzene rings is 2. The molecule has 8 nitrogen and oxygen atoms in total. The highest BCUT2D eigenvalue weighted by molar-refractivity contribution is 5.63. The second kappa shape index (κ2) is 8.19. The molecule has 4 rings (SSSR count). The van der Waals surface area contributed by atoms with Gasteiger partial charge in [-0.3, -0.25) is 4.90 Å². The first-order valence-electron chi connectivity index (χ1n) is 9.33. The SMILES string of the molecule is COc1c2c(cc3c1C(C#CCNc1cccc([NH+]([O-])O)c1)N(C)CC3)OCO2. The fourth-order valence-corrected chi connectivity index (χ4v) is 3.67. The standard InChI is InChI=1S/C21H23N3O5/c1-23-10-8-14-11-18-20(29-13-28-18)21(27-2)19(14)17(23)7-4-9-22-15-5-3-6-16(12-15)24(25)26/h3,5-6,11-12,17,22,24-25H,8-10,13H2,1-2H3. The first-order chi connectivity index (χ1) is 14.1. The first-order valence-corrected chi connectivity index (χ1v) is 9.33. The number of quaternary nitrogens is 1. The van der Waals surface area contributed by atoms with Gasteiger partial charge in [0.2, 0.25) is 12.5 Å². The van der Waals surface area contributed by atoms with Crippen molar-refractivity contribution >= 4 is 11.4 Å². The van der Waals surface area contributed by atoms with Gasteiger partial charge in [-0.1, -0.05) is 17.9 Å². The number of fused-ring (bicyclic) bond motifs is 2. The zero-order valence-corrected chi connectivity index (χ0v) is 16.3. The van der Waals surface area contributed by atoms with Crippen molar-refractivity contribution in [1.29, 1.82) is 0 Å². The molecule has 0 spiro atoms. The average Bonchev–Trinajstić information content (AvgIpc) is 3.19. The van der Waals surface area contributed by atoms with Crippen LogP contribution in [0.5, 0.6) is 17.2 Å². The molecule has 2 aromatic rings. The van der Waals surface area contributed by atoms with Crippen LogP contribution in [0.3, 0.4) is 0 Å². The molecule has 0 amide bonds. The van der Waals surface area contributed by atoms with Gasteiger partial charge in [0, 0.05) is 29.9 Å². The lowest BCUT2D eigenvalue weighted by molar-refractivity contribution is -0.991. The van der Waals surface area contributed by atoms with Gasteiger partial charge in [0.25, 0.3) is 0 Å². The van der Waals surface area contributed by atoms with Gasteiger partial charge in [0.05, 0.1) is 13.7 Å². The maximum atomic E-state index is 11.1. The van der Waals surface area contributed by atoms with Gasteiger partial charge >= 0.3 is 0 Å². The molecular weight excluding hydrogens is 374 g/mol. The highest BCUT2D eigenvalue weighted by atomic mass is 16.8. The van der Waals surface area contributed by atoms with Crippen molar-refractivity contribution in [2.75, 3.05) is 39.4 Å². The van der Waals surface area contributed by atoms with Crippen LogP contribution in [0.4, 0.5) is 11.4 Å². The summed E-state index contributed by atoms with van der Waals surface area (Å²) in [6.07, 6.45) is 0.886. The highest BCUT2D eigenvalue weighted by Crippen LogP contribution is 2.49. The smallest absolute Gasteiger partial charge is 0.231 e. The molecule has 0 aromatic heterocycles. The molecule has 2 atom stereocenters. The van der Waals surface area contributed by atoms with Gasteiger partial charge < -0.3 is 24.7 Å². The number of nitrogens with one attached hydrogen (secondary N) is 2. The number of ether oxygens (including phenoxy) is 3. The van der Waals surface area contributed by atoms with E-state index in [1.165, 1.54) is 0 Å². The molecule has 2 aliphatic rings. The lowest BCUT2D eigenvalue weighted by atomic mass is 9.91. The number of hydrogen-bond donors (Lipinski definition) is 3. The molecule has 0 bridgehead atoms. The maximum Gasteiger partial charge on any atom is 0.231 e. The van der Waals surface area contributed by atoms with E-state index >= 15 is 0 Å². The Morgan fingerprint density at radius 3 is 3.03 bits per heavy atom. The van der Waals surface area contributed by atoms with Crippen molar-refractivity contribution in [2.45, 2.75) is 12.5 Å². The Morgan fingerprint density at radius 2 is 2.24 bits per heavy atom. The predicted molar refractivity (Wildman–Crippen MR) is 107 cm³/mol. The minimum Gasteiger partial charge on any atom is -0.595 e. The van der Waals surface area contributed by atoms with Crippen molar-refractivity contribution in [3.63, 3.8) is 0 Å². The molecule has 152 valence electrons. The third-order valence-corrected chi connectivity index (χ3v) is 5.12. The van der Waals surface area contributed by atoms with Gasteiger partial charge in [0.15, 0.2) is 17.2 Å². The molecule has 2 unspecified atom stereocenters. The van der Waals surface area contributed by atoms with Crippen LogP contribution < -0.4 is 24.8 Å². The van der Waals surface area contributed by atoms with Crippen LogP contribution in [0, 0.1) is 17.0 Å². The topological polar surface area (TPSA) is 90.7 Å². The summed E-state index contributed by atoms with van der Waals surface area (Å²) in [6.45, 7) is 1.47. The Labute approximate surface area is 169 Å². The van der Waals surface area contributed by atoms with Crippen LogP contribution in [-0.2, 0) is 6.42 Å². The molecule has 0 fully saturated rings. The summed E-state index contributed by atoms with van der Waals surface area (Å²) in [6, 6.07) is 8.57. The number of likely N-dealkylation sites (N-methyl/N-ethyl adjacent to an activating group) is 1. The predicted octanol–water partition coefficient (Wildman–Crippen LogP) is 1.47. The van der Waals surface area contributed by atoms with E-state index in [0.717, 1.165) is 35.5 Å². The van der Waals surface area contributed by atoms with Gasteiger partial charge in [-0.25, -0.2) is 5.21 Å². The summed E-state index contributed by atoms with van der Waals surface area (Å²) in [4.78, 5) is 2.19. The van der Waals surface area contributed by atoms with Crippen molar-refractivity contribution in [1.82, 2.24) is 4.90 Å². The lowest BCUT2D eigenvalue weighted by Gasteiger charge is -2.32. The van der Waals surface area contributed by atoms with E-state index in [9.17, 15) is 5.21 Å². The fourth-order valence-electron chi connectivity index (χ4n) is 3.67. The summed E-state index contributed by atoms with van der Waals surface area (Å²) >= 11 is 0. The quantitative estimate of drug-likeness (QED) is 0.532. The van der Waals surface area contributed by atoms with Crippen LogP contribution in [0.15, 0.2) is 30.3 Å². The van der Waals surface area contributed by atoms with Crippen molar-refractivity contribution < 1.29 is 24.6 Å². The van der Waals surface area contributed by atoms with Crippen LogP contribution in [0.1, 0.15) is 17.2 Å². The maximum absolute atomic E-state index is 11.1. The molecule has 8 heteroatoms. The minimum atomic E-state index is -0.953. The Morgan fingerprint density at radius 1 is 1.38 bits per heavy atom. The van der Waals surface area contributed by atoms with Crippen LogP contribution >= 0.6 is 0 Å². The van der Waals surface area contributed by atoms with Crippen LogP contribution in [-0.4, -0.2) is 44.1 Å². The molecule has 3 N–H and O–H groups in total. The van der Waals surface area contributed by atoms with Crippen LogP contribution in [0.25, 0.3) is 0 Å². The second-order valence-corrected chi connectivity index (χ2v) is 6.91. The van der Waals surface area contributed by atoms with E-state index in [-0.39, 0.29) is 18.5 Å². The minimum absolute atomic E-state index is 0.129. The molecule has 0 aliphatic carbocycles. The third kappa shape index (κ3) is 3.81. The summed E-state index contributed by atoms with van der Waals surface area (Å²) in [5.41, 5.74) is 3.14. The molecule has 29 heavy (non-hydrogen) atoms. The van der Waals surface area contributed by atoms with E-state index in [4.69, 9.17) is 19.4 Å². The molecule has 2 heterocycles. The van der Waals surface area contributed by atoms with E-state index in [1.54, 1.807) is 25.3 Å². The average molecular weight is 397 g/mol. The molecule has 0 radical (unpaired) electrons. The largest absolute Gasteiger partial charge is 0.595 e. The summed E-state index contributed by atoms with van der Waals surface area (Å²) in [5, 5.41) is 22.4. The normalized spacial score (nSPS) is 18.4. The Bertz CT molecular complexity index is 967. The van der Waals surface area contributed by atoms with Crippen molar-refractivity contribution in [3.05, 3.63) is 46.7 Å². The molecule has 0 saturated carbocycles. The van der Waals surface area contributed by atoms with Crippen molar-refractivity contribution in [2.24, 2.45) is 0 Å². The van der Waals surface area contributed by atoms with Gasteiger partial charge in [-0.2, -0.15) is 5.23 Å². The Kier molecular flexibility index (Phi) is 5.47. The van der Waals surface area contributed by atoms with Gasteiger partial charge in [-0.05, 0) is 31.2 Å². The Balaban J connectivity index is 1.56. The molecule has 2 aromatic carbocycles. The number of rotatable bonds is 4. The lowest BCUT2D eigenvalue weighted by Crippen LogP contribution is -2.99.